The SMILES string of the molecule is CC(C)n1ccc2cc(N3CCC(=O)NC3=O)c(F)cc21. The lowest BCUT2D eigenvalue weighted by Crippen LogP contribution is -2.49. The average Bonchev–Trinajstić information content (AvgIpc) is 2.81. The number of aromatic nitrogens is 1. The second-order valence-electron chi connectivity index (χ2n) is 5.43. The maximum Gasteiger partial charge on any atom is 0.328 e. The Morgan fingerprint density at radius 3 is 2.71 bits per heavy atom. The Hall–Kier alpha value is -2.37. The largest absolute Gasteiger partial charge is 0.345 e. The molecule has 0 saturated carbocycles. The number of hydrogen-bond donors (Lipinski definition) is 1. The fourth-order valence-corrected chi connectivity index (χ4v) is 2.62. The van der Waals surface area contributed by atoms with Crippen molar-refractivity contribution in [2.75, 3.05) is 11.4 Å². The predicted octanol–water partition coefficient (Wildman–Crippen LogP) is 2.81. The number of carbonyl (C=O) groups is 2. The topological polar surface area (TPSA) is 54.3 Å². The second kappa shape index (κ2) is 4.87. The molecular formula is C15H16FN3O2. The van der Waals surface area contributed by atoms with Gasteiger partial charge in [0.05, 0.1) is 11.2 Å². The number of carbonyl (C=O) groups excluding carboxylic acids is 2. The van der Waals surface area contributed by atoms with Crippen molar-refractivity contribution in [1.29, 1.82) is 0 Å². The van der Waals surface area contributed by atoms with E-state index in [0.717, 1.165) is 10.9 Å². The van der Waals surface area contributed by atoms with E-state index in [-0.39, 0.29) is 30.6 Å². The van der Waals surface area contributed by atoms with Crippen molar-refractivity contribution in [2.45, 2.75) is 26.3 Å². The summed E-state index contributed by atoms with van der Waals surface area (Å²) < 4.78 is 16.3. The summed E-state index contributed by atoms with van der Waals surface area (Å²) in [5, 5.41) is 3.07. The van der Waals surface area contributed by atoms with Gasteiger partial charge in [0.1, 0.15) is 5.82 Å². The molecule has 1 saturated heterocycles. The minimum absolute atomic E-state index is 0.177. The molecule has 1 aromatic heterocycles. The number of halogens is 1. The summed E-state index contributed by atoms with van der Waals surface area (Å²) in [6.07, 6.45) is 2.08. The highest BCUT2D eigenvalue weighted by Gasteiger charge is 2.26. The van der Waals surface area contributed by atoms with Gasteiger partial charge in [-0.15, -0.1) is 0 Å². The van der Waals surface area contributed by atoms with Crippen LogP contribution in [0, 0.1) is 5.82 Å². The lowest BCUT2D eigenvalue weighted by molar-refractivity contribution is -0.120. The van der Waals surface area contributed by atoms with Crippen molar-refractivity contribution in [1.82, 2.24) is 9.88 Å². The summed E-state index contributed by atoms with van der Waals surface area (Å²) in [7, 11) is 0. The quantitative estimate of drug-likeness (QED) is 0.924. The number of urea groups is 1. The Morgan fingerprint density at radius 2 is 2.05 bits per heavy atom. The van der Waals surface area contributed by atoms with Gasteiger partial charge in [-0.1, -0.05) is 0 Å². The number of nitrogens with one attached hydrogen (secondary N) is 1. The van der Waals surface area contributed by atoms with E-state index >= 15 is 0 Å². The van der Waals surface area contributed by atoms with E-state index in [1.807, 2.05) is 30.7 Å². The smallest absolute Gasteiger partial charge is 0.328 e. The zero-order valence-electron chi connectivity index (χ0n) is 11.9. The molecule has 2 heterocycles. The maximum absolute atomic E-state index is 14.4. The van der Waals surface area contributed by atoms with Crippen molar-refractivity contribution >= 4 is 28.5 Å². The first-order chi connectivity index (χ1) is 9.97. The molecule has 1 N–H and O–H groups in total. The Balaban J connectivity index is 2.06. The van der Waals surface area contributed by atoms with Gasteiger partial charge in [0, 0.05) is 36.7 Å². The molecule has 110 valence electrons. The van der Waals surface area contributed by atoms with Crippen LogP contribution in [0.3, 0.4) is 0 Å². The molecule has 2 aromatic rings. The normalized spacial score (nSPS) is 15.9. The van der Waals surface area contributed by atoms with Crippen LogP contribution in [0.25, 0.3) is 10.9 Å². The molecule has 1 fully saturated rings. The van der Waals surface area contributed by atoms with Crippen LogP contribution >= 0.6 is 0 Å². The standard InChI is InChI=1S/C15H16FN3O2/c1-9(2)18-5-3-10-7-13(11(16)8-12(10)18)19-6-4-14(20)17-15(19)21/h3,5,7-9H,4,6H2,1-2H3,(H,17,20,21). The third-order valence-electron chi connectivity index (χ3n) is 3.69. The maximum atomic E-state index is 14.4. The Morgan fingerprint density at radius 1 is 1.29 bits per heavy atom. The Bertz CT molecular complexity index is 736. The molecule has 21 heavy (non-hydrogen) atoms. The lowest BCUT2D eigenvalue weighted by atomic mass is 10.2. The monoisotopic (exact) mass is 289 g/mol. The van der Waals surface area contributed by atoms with Crippen LogP contribution in [-0.4, -0.2) is 23.1 Å². The van der Waals surface area contributed by atoms with Gasteiger partial charge in [-0.25, -0.2) is 9.18 Å². The summed E-state index contributed by atoms with van der Waals surface area (Å²) in [5.41, 5.74) is 0.994. The molecule has 0 aliphatic carbocycles. The van der Waals surface area contributed by atoms with E-state index in [1.165, 1.54) is 11.0 Å². The van der Waals surface area contributed by atoms with Gasteiger partial charge in [0.2, 0.25) is 5.91 Å². The first kappa shape index (κ1) is 13.6. The minimum atomic E-state index is -0.576. The van der Waals surface area contributed by atoms with E-state index in [0.29, 0.717) is 0 Å². The van der Waals surface area contributed by atoms with Gasteiger partial charge in [-0.2, -0.15) is 0 Å². The van der Waals surface area contributed by atoms with Crippen LogP contribution in [0.4, 0.5) is 14.9 Å². The fourth-order valence-electron chi connectivity index (χ4n) is 2.62. The molecule has 5 nitrogen and oxygen atoms in total. The number of anilines is 1. The number of hydrogen-bond acceptors (Lipinski definition) is 2. The molecule has 3 rings (SSSR count). The molecule has 1 aliphatic rings. The molecule has 0 unspecified atom stereocenters. The highest BCUT2D eigenvalue weighted by Crippen LogP contribution is 2.29. The number of amides is 3. The summed E-state index contributed by atoms with van der Waals surface area (Å²) in [6.45, 7) is 4.24. The third kappa shape index (κ3) is 2.26. The molecule has 3 amide bonds. The lowest BCUT2D eigenvalue weighted by Gasteiger charge is -2.27. The molecule has 1 aliphatic heterocycles. The van der Waals surface area contributed by atoms with Gasteiger partial charge in [0.15, 0.2) is 0 Å². The molecule has 0 atom stereocenters. The van der Waals surface area contributed by atoms with Crippen molar-refractivity contribution in [2.24, 2.45) is 0 Å². The van der Waals surface area contributed by atoms with Crippen LogP contribution < -0.4 is 10.2 Å². The Kier molecular flexibility index (Phi) is 3.16. The number of benzene rings is 1. The van der Waals surface area contributed by atoms with Gasteiger partial charge in [0.25, 0.3) is 0 Å². The van der Waals surface area contributed by atoms with Gasteiger partial charge in [-0.3, -0.25) is 15.0 Å². The van der Waals surface area contributed by atoms with E-state index in [1.54, 1.807) is 6.07 Å². The second-order valence-corrected chi connectivity index (χ2v) is 5.43. The summed E-state index contributed by atoms with van der Waals surface area (Å²) >= 11 is 0. The van der Waals surface area contributed by atoms with Crippen molar-refractivity contribution < 1.29 is 14.0 Å². The van der Waals surface area contributed by atoms with Crippen molar-refractivity contribution in [3.63, 3.8) is 0 Å². The third-order valence-corrected chi connectivity index (χ3v) is 3.69. The molecule has 1 aromatic carbocycles. The summed E-state index contributed by atoms with van der Waals surface area (Å²) in [6, 6.07) is 4.63. The zero-order valence-corrected chi connectivity index (χ0v) is 11.9. The number of imide groups is 1. The van der Waals surface area contributed by atoms with E-state index in [4.69, 9.17) is 0 Å². The minimum Gasteiger partial charge on any atom is -0.345 e. The molecule has 0 radical (unpaired) electrons. The Labute approximate surface area is 121 Å². The highest BCUT2D eigenvalue weighted by molar-refractivity contribution is 6.06. The summed E-state index contributed by atoms with van der Waals surface area (Å²) in [5.74, 6) is -0.795. The summed E-state index contributed by atoms with van der Waals surface area (Å²) in [4.78, 5) is 24.3. The number of rotatable bonds is 2. The highest BCUT2D eigenvalue weighted by atomic mass is 19.1. The van der Waals surface area contributed by atoms with Crippen LogP contribution in [0.15, 0.2) is 24.4 Å². The number of nitrogens with zero attached hydrogens (tertiary/aromatic N) is 2. The van der Waals surface area contributed by atoms with Gasteiger partial charge in [-0.05, 0) is 26.0 Å². The van der Waals surface area contributed by atoms with Crippen LogP contribution in [0.2, 0.25) is 0 Å². The average molecular weight is 289 g/mol. The zero-order chi connectivity index (χ0) is 15.1. The van der Waals surface area contributed by atoms with E-state index < -0.39 is 11.8 Å². The van der Waals surface area contributed by atoms with E-state index in [2.05, 4.69) is 5.32 Å². The molecule has 0 bridgehead atoms. The van der Waals surface area contributed by atoms with Gasteiger partial charge < -0.3 is 4.57 Å². The van der Waals surface area contributed by atoms with Gasteiger partial charge >= 0.3 is 6.03 Å². The first-order valence-corrected chi connectivity index (χ1v) is 6.89. The van der Waals surface area contributed by atoms with E-state index in [9.17, 15) is 14.0 Å². The molecule has 0 spiro atoms. The first-order valence-electron chi connectivity index (χ1n) is 6.89. The van der Waals surface area contributed by atoms with Crippen LogP contribution in [0.5, 0.6) is 0 Å². The number of fused-ring (bicyclic) bond motifs is 1. The predicted molar refractivity (Wildman–Crippen MR) is 77.8 cm³/mol. The van der Waals surface area contributed by atoms with Crippen molar-refractivity contribution in [3.05, 3.63) is 30.2 Å². The van der Waals surface area contributed by atoms with Crippen molar-refractivity contribution in [3.8, 4) is 0 Å². The van der Waals surface area contributed by atoms with Crippen LogP contribution in [0.1, 0.15) is 26.3 Å². The fraction of sp³-hybridized carbons (Fsp3) is 0.333. The molecule has 6 heteroatoms. The van der Waals surface area contributed by atoms with Crippen LogP contribution in [-0.2, 0) is 4.79 Å². The molecular weight excluding hydrogens is 273 g/mol.